The van der Waals surface area contributed by atoms with Crippen molar-refractivity contribution in [2.75, 3.05) is 0 Å². The highest BCUT2D eigenvalue weighted by atomic mass is 19.1. The molecular formula is C15H12FN3O3. The Hall–Kier alpha value is -2.93. The lowest BCUT2D eigenvalue weighted by Crippen LogP contribution is -2.19. The van der Waals surface area contributed by atoms with Crippen LogP contribution in [0.3, 0.4) is 0 Å². The van der Waals surface area contributed by atoms with E-state index in [2.05, 4.69) is 4.98 Å². The SMILES string of the molecule is O=C(NO)c1ccc(Cn2c(=O)[nH]c3cc(F)ccc32)cc1. The number of H-pyrrole nitrogens is 1. The third-order valence-corrected chi connectivity index (χ3v) is 3.39. The normalized spacial score (nSPS) is 10.8. The molecule has 0 saturated carbocycles. The van der Waals surface area contributed by atoms with E-state index < -0.39 is 11.7 Å². The lowest BCUT2D eigenvalue weighted by molar-refractivity contribution is 0.0706. The smallest absolute Gasteiger partial charge is 0.305 e. The summed E-state index contributed by atoms with van der Waals surface area (Å²) in [5, 5.41) is 8.56. The second-order valence-corrected chi connectivity index (χ2v) is 4.82. The van der Waals surface area contributed by atoms with Gasteiger partial charge in [0.1, 0.15) is 5.82 Å². The van der Waals surface area contributed by atoms with E-state index in [9.17, 15) is 14.0 Å². The zero-order chi connectivity index (χ0) is 15.7. The Morgan fingerprint density at radius 3 is 2.64 bits per heavy atom. The largest absolute Gasteiger partial charge is 0.326 e. The maximum absolute atomic E-state index is 13.2. The molecule has 3 aromatic rings. The molecule has 0 unspecified atom stereocenters. The highest BCUT2D eigenvalue weighted by Crippen LogP contribution is 2.14. The number of benzene rings is 2. The van der Waals surface area contributed by atoms with E-state index in [4.69, 9.17) is 5.21 Å². The number of rotatable bonds is 3. The minimum Gasteiger partial charge on any atom is -0.305 e. The zero-order valence-electron chi connectivity index (χ0n) is 11.3. The van der Waals surface area contributed by atoms with Crippen molar-refractivity contribution in [3.63, 3.8) is 0 Å². The molecule has 3 N–H and O–H groups in total. The predicted octanol–water partition coefficient (Wildman–Crippen LogP) is 1.64. The van der Waals surface area contributed by atoms with Crippen LogP contribution in [0.15, 0.2) is 47.3 Å². The molecule has 0 spiro atoms. The zero-order valence-corrected chi connectivity index (χ0v) is 11.3. The topological polar surface area (TPSA) is 87.1 Å². The summed E-state index contributed by atoms with van der Waals surface area (Å²) in [5.74, 6) is -1.02. The van der Waals surface area contributed by atoms with Crippen LogP contribution in [0, 0.1) is 5.82 Å². The first-order valence-electron chi connectivity index (χ1n) is 6.50. The van der Waals surface area contributed by atoms with Crippen LogP contribution in [-0.4, -0.2) is 20.7 Å². The molecule has 7 heteroatoms. The van der Waals surface area contributed by atoms with E-state index >= 15 is 0 Å². The monoisotopic (exact) mass is 301 g/mol. The second kappa shape index (κ2) is 5.45. The number of nitrogens with one attached hydrogen (secondary N) is 2. The first-order chi connectivity index (χ1) is 10.6. The Morgan fingerprint density at radius 1 is 1.23 bits per heavy atom. The number of imidazole rings is 1. The molecule has 0 fully saturated rings. The number of amides is 1. The molecule has 22 heavy (non-hydrogen) atoms. The van der Waals surface area contributed by atoms with Crippen LogP contribution in [0.25, 0.3) is 11.0 Å². The Bertz CT molecular complexity index is 897. The lowest BCUT2D eigenvalue weighted by Gasteiger charge is -2.05. The summed E-state index contributed by atoms with van der Waals surface area (Å²) in [4.78, 5) is 25.8. The van der Waals surface area contributed by atoms with Crippen molar-refractivity contribution in [2.24, 2.45) is 0 Å². The van der Waals surface area contributed by atoms with Gasteiger partial charge in [-0.15, -0.1) is 0 Å². The van der Waals surface area contributed by atoms with Gasteiger partial charge in [-0.05, 0) is 35.9 Å². The van der Waals surface area contributed by atoms with Crippen molar-refractivity contribution in [1.29, 1.82) is 0 Å². The van der Waals surface area contributed by atoms with Crippen molar-refractivity contribution < 1.29 is 14.4 Å². The van der Waals surface area contributed by atoms with Crippen LogP contribution in [0.2, 0.25) is 0 Å². The van der Waals surface area contributed by atoms with E-state index in [-0.39, 0.29) is 12.2 Å². The van der Waals surface area contributed by atoms with Gasteiger partial charge in [0.05, 0.1) is 17.6 Å². The summed E-state index contributed by atoms with van der Waals surface area (Å²) < 4.78 is 14.7. The Labute approximate surface area is 123 Å². The van der Waals surface area contributed by atoms with Crippen LogP contribution in [0.5, 0.6) is 0 Å². The van der Waals surface area contributed by atoms with Crippen LogP contribution < -0.4 is 11.2 Å². The van der Waals surface area contributed by atoms with Crippen molar-refractivity contribution >= 4 is 16.9 Å². The first kappa shape index (κ1) is 14.0. The van der Waals surface area contributed by atoms with Crippen LogP contribution in [0.1, 0.15) is 15.9 Å². The number of carbonyl (C=O) groups is 1. The highest BCUT2D eigenvalue weighted by molar-refractivity contribution is 5.93. The Kier molecular flexibility index (Phi) is 3.48. The number of hydroxylamine groups is 1. The van der Waals surface area contributed by atoms with E-state index in [1.54, 1.807) is 29.7 Å². The van der Waals surface area contributed by atoms with Crippen molar-refractivity contribution in [3.05, 3.63) is 69.9 Å². The first-order valence-corrected chi connectivity index (χ1v) is 6.50. The van der Waals surface area contributed by atoms with Crippen molar-refractivity contribution in [2.45, 2.75) is 6.54 Å². The van der Waals surface area contributed by atoms with E-state index in [0.717, 1.165) is 5.56 Å². The summed E-state index contributed by atoms with van der Waals surface area (Å²) >= 11 is 0. The molecule has 0 radical (unpaired) electrons. The van der Waals surface area contributed by atoms with Crippen LogP contribution >= 0.6 is 0 Å². The van der Waals surface area contributed by atoms with Gasteiger partial charge >= 0.3 is 5.69 Å². The van der Waals surface area contributed by atoms with Crippen LogP contribution in [0.4, 0.5) is 4.39 Å². The van der Waals surface area contributed by atoms with Crippen molar-refractivity contribution in [1.82, 2.24) is 15.0 Å². The molecule has 0 bridgehead atoms. The predicted molar refractivity (Wildman–Crippen MR) is 77.3 cm³/mol. The molecule has 112 valence electrons. The third-order valence-electron chi connectivity index (χ3n) is 3.39. The average molecular weight is 301 g/mol. The van der Waals surface area contributed by atoms with Gasteiger partial charge in [-0.2, -0.15) is 0 Å². The van der Waals surface area contributed by atoms with Gasteiger partial charge in [-0.25, -0.2) is 14.7 Å². The third kappa shape index (κ3) is 2.49. The second-order valence-electron chi connectivity index (χ2n) is 4.82. The van der Waals surface area contributed by atoms with E-state index in [0.29, 0.717) is 16.6 Å². The maximum atomic E-state index is 13.2. The maximum Gasteiger partial charge on any atom is 0.326 e. The molecule has 0 aliphatic rings. The number of fused-ring (bicyclic) bond motifs is 1. The van der Waals surface area contributed by atoms with Gasteiger partial charge in [0.2, 0.25) is 0 Å². The molecule has 2 aromatic carbocycles. The van der Waals surface area contributed by atoms with Gasteiger partial charge < -0.3 is 4.98 Å². The average Bonchev–Trinajstić information content (AvgIpc) is 2.82. The molecule has 1 aromatic heterocycles. The van der Waals surface area contributed by atoms with Crippen LogP contribution in [-0.2, 0) is 6.54 Å². The number of aromatic nitrogens is 2. The fraction of sp³-hybridized carbons (Fsp3) is 0.0667. The number of aromatic amines is 1. The fourth-order valence-corrected chi connectivity index (χ4v) is 2.30. The number of hydrogen-bond acceptors (Lipinski definition) is 3. The molecular weight excluding hydrogens is 289 g/mol. The number of carbonyl (C=O) groups excluding carboxylic acids is 1. The van der Waals surface area contributed by atoms with Gasteiger partial charge in [0, 0.05) is 5.56 Å². The quantitative estimate of drug-likeness (QED) is 0.507. The van der Waals surface area contributed by atoms with E-state index in [1.807, 2.05) is 0 Å². The summed E-state index contributed by atoms with van der Waals surface area (Å²) in [5.41, 5.74) is 3.35. The molecule has 6 nitrogen and oxygen atoms in total. The highest BCUT2D eigenvalue weighted by Gasteiger charge is 2.09. The Balaban J connectivity index is 1.95. The van der Waals surface area contributed by atoms with Gasteiger partial charge in [-0.3, -0.25) is 14.6 Å². The van der Waals surface area contributed by atoms with Crippen molar-refractivity contribution in [3.8, 4) is 0 Å². The number of hydrogen-bond donors (Lipinski definition) is 3. The molecule has 0 aliphatic heterocycles. The van der Waals surface area contributed by atoms with Gasteiger partial charge in [-0.1, -0.05) is 12.1 Å². The van der Waals surface area contributed by atoms with E-state index in [1.165, 1.54) is 22.8 Å². The molecule has 1 amide bonds. The van der Waals surface area contributed by atoms with Gasteiger partial charge in [0.15, 0.2) is 0 Å². The molecule has 3 rings (SSSR count). The summed E-state index contributed by atoms with van der Waals surface area (Å²) in [6.45, 7) is 0.283. The molecule has 1 heterocycles. The summed E-state index contributed by atoms with van der Waals surface area (Å²) in [7, 11) is 0. The fourth-order valence-electron chi connectivity index (χ4n) is 2.30. The standard InChI is InChI=1S/C15H12FN3O3/c16-11-5-6-13-12(7-11)17-15(21)19(13)8-9-1-3-10(4-2-9)14(20)18-22/h1-7,22H,8H2,(H,17,21)(H,18,20). The van der Waals surface area contributed by atoms with Gasteiger partial charge in [0.25, 0.3) is 5.91 Å². The summed E-state index contributed by atoms with van der Waals surface area (Å²) in [6, 6.07) is 10.5. The number of halogens is 1. The summed E-state index contributed by atoms with van der Waals surface area (Å²) in [6.07, 6.45) is 0. The Morgan fingerprint density at radius 2 is 1.95 bits per heavy atom. The minimum absolute atomic E-state index is 0.283. The molecule has 0 saturated heterocycles. The molecule has 0 aliphatic carbocycles. The lowest BCUT2D eigenvalue weighted by atomic mass is 10.1. The minimum atomic E-state index is -0.605. The molecule has 0 atom stereocenters. The number of nitrogens with zero attached hydrogens (tertiary/aromatic N) is 1.